The standard InChI is InChI=1S/C18H31N5O2.C18H28N4O.2C17H29N5O2.C17H26N4O2/c1-10-6-7-12(8-14(10)24)22-16-13(15(19)25)9-20-17(23-16)21-11(2)18(3,4)5;1-18(2,12-8-9-12)10-15-14(16(19)23)11-20-17(22-15)21-13-6-4-3-5-7-13;2*1-9(2)11(4)20-17-19-8-13(15(18)24)16(22-17)21-12-6-5-10(3)14(23)7-12;1-17(2,11-5-6-11)8-14-13(15(18)22)9-19-16(21-14)20-12-4-3-7-23-10-12/h9-12,14,24H,6-8H2,1-5H3,(H2,19,25)(H2,20,21,22,23);11-13H,3-10H2,1-2H3,(H2,19,23)(H,20,21,22);2*8-12,14,23H,5-7H2,1-4H3,(H2,18,24)(H2,19,20,21,22);9,11-12H,3-8,10H2,1-2H3,(H2,18,22)(H,19,20,21)/t10-,11+,12-,14-;;10-,11+,12-,14-;10-,11-,12-,14-;12-/m1.110/s1. The highest BCUT2D eigenvalue weighted by atomic mass is 16.5. The molecule has 6 heterocycles. The summed E-state index contributed by atoms with van der Waals surface area (Å²) in [5.41, 5.74) is 30.9. The second-order valence-corrected chi connectivity index (χ2v) is 37.9. The Morgan fingerprint density at radius 3 is 1.02 bits per heavy atom. The van der Waals surface area contributed by atoms with E-state index in [1.54, 1.807) is 12.4 Å². The van der Waals surface area contributed by atoms with Gasteiger partial charge in [-0.3, -0.25) is 24.0 Å². The van der Waals surface area contributed by atoms with E-state index in [0.29, 0.717) is 126 Å². The van der Waals surface area contributed by atoms with Gasteiger partial charge in [-0.25, -0.2) is 34.9 Å². The van der Waals surface area contributed by atoms with Gasteiger partial charge in [0.05, 0.1) is 70.2 Å². The van der Waals surface area contributed by atoms with Gasteiger partial charge in [0.25, 0.3) is 29.5 Å². The normalized spacial score (nSPS) is 23.5. The summed E-state index contributed by atoms with van der Waals surface area (Å²) in [7, 11) is 0. The summed E-state index contributed by atoms with van der Waals surface area (Å²) < 4.78 is 5.47. The topological polar surface area (TPSA) is 511 Å². The van der Waals surface area contributed by atoms with E-state index in [9.17, 15) is 39.3 Å². The molecule has 5 aromatic rings. The molecule has 32 heteroatoms. The average Bonchev–Trinajstić information content (AvgIpc) is 1.67. The first-order valence-electron chi connectivity index (χ1n) is 43.6. The SMILES string of the molecule is CC(C)(Cc1nc(NC2CCCCC2)ncc1C(N)=O)C1CC1.CC(C)(Cc1nc(N[C@H]2CCCOC2)ncc1C(N)=O)C1CC1.CC(C)[C@@H](C)Nc1ncc(C(N)=O)c(N[C@@H]2CC[C@@H](C)[C@H](O)C2)n1.CC(C)[C@H](C)Nc1ncc(C(N)=O)c(N[C@@H]2CC[C@@H](C)[C@H](O)C2)n1.C[C@@H]1CC[C@@H](Nc2nc(N[C@@H](C)C(C)(C)C)ncc2C(N)=O)C[C@H]1O. The van der Waals surface area contributed by atoms with E-state index in [2.05, 4.69) is 210 Å². The molecule has 0 unspecified atom stereocenters. The van der Waals surface area contributed by atoms with Gasteiger partial charge in [0.1, 0.15) is 17.5 Å². The first kappa shape index (κ1) is 95.5. The Morgan fingerprint density at radius 2 is 0.714 bits per heavy atom. The van der Waals surface area contributed by atoms with E-state index in [-0.39, 0.29) is 93.5 Å². The summed E-state index contributed by atoms with van der Waals surface area (Å²) in [6.07, 6.45) is 28.8. The molecule has 6 saturated carbocycles. The smallest absolute Gasteiger partial charge is 0.254 e. The van der Waals surface area contributed by atoms with Crippen molar-refractivity contribution in [2.45, 2.75) is 326 Å². The molecule has 0 spiro atoms. The maximum atomic E-state index is 11.7. The molecule has 0 bridgehead atoms. The third kappa shape index (κ3) is 29.7. The van der Waals surface area contributed by atoms with Crippen LogP contribution in [0.2, 0.25) is 0 Å². The zero-order valence-electron chi connectivity index (χ0n) is 73.9. The third-order valence-corrected chi connectivity index (χ3v) is 25.3. The largest absolute Gasteiger partial charge is 0.393 e. The van der Waals surface area contributed by atoms with Crippen LogP contribution in [-0.4, -0.2) is 175 Å². The van der Waals surface area contributed by atoms with Crippen LogP contribution in [0.5, 0.6) is 0 Å². The predicted molar refractivity (Wildman–Crippen MR) is 469 cm³/mol. The first-order chi connectivity index (χ1) is 56.0. The summed E-state index contributed by atoms with van der Waals surface area (Å²) in [5, 5.41) is 56.6. The van der Waals surface area contributed by atoms with Crippen LogP contribution < -0.4 is 71.2 Å². The minimum absolute atomic E-state index is 0.0446. The minimum Gasteiger partial charge on any atom is -0.393 e. The van der Waals surface area contributed by atoms with E-state index >= 15 is 0 Å². The van der Waals surface area contributed by atoms with Crippen molar-refractivity contribution in [2.75, 3.05) is 55.7 Å². The fourth-order valence-corrected chi connectivity index (χ4v) is 15.2. The monoisotopic (exact) mass is 1650 g/mol. The number of nitrogens with two attached hydrogens (primary N) is 5. The van der Waals surface area contributed by atoms with Crippen molar-refractivity contribution >= 4 is 76.7 Å². The van der Waals surface area contributed by atoms with Gasteiger partial charge in [-0.15, -0.1) is 0 Å². The molecule has 21 N–H and O–H groups in total. The van der Waals surface area contributed by atoms with Gasteiger partial charge in [0.2, 0.25) is 29.7 Å². The molecule has 0 radical (unpaired) electrons. The highest BCUT2D eigenvalue weighted by Gasteiger charge is 2.41. The number of nitrogens with one attached hydrogen (secondary N) is 8. The Hall–Kier alpha value is -9.01. The summed E-state index contributed by atoms with van der Waals surface area (Å²) in [6.45, 7) is 37.6. The summed E-state index contributed by atoms with van der Waals surface area (Å²) in [5.74, 6) is 4.49. The Balaban J connectivity index is 0.000000185. The van der Waals surface area contributed by atoms with Gasteiger partial charge in [-0.05, 0) is 200 Å². The van der Waals surface area contributed by atoms with Crippen molar-refractivity contribution in [1.29, 1.82) is 0 Å². The van der Waals surface area contributed by atoms with Crippen LogP contribution in [0, 0.1) is 57.7 Å². The van der Waals surface area contributed by atoms with Crippen molar-refractivity contribution in [3.63, 3.8) is 0 Å². The summed E-state index contributed by atoms with van der Waals surface area (Å²) in [4.78, 5) is 102. The molecule has 6 aliphatic carbocycles. The fraction of sp³-hybridized carbons (Fsp3) is 0.713. The third-order valence-electron chi connectivity index (χ3n) is 25.3. The number of ether oxygens (including phenoxy) is 1. The summed E-state index contributed by atoms with van der Waals surface area (Å²) >= 11 is 0. The number of aliphatic hydroxyl groups excluding tert-OH is 3. The number of nitrogens with zero attached hydrogens (tertiary/aromatic N) is 10. The minimum atomic E-state index is -0.567. The lowest BCUT2D eigenvalue weighted by Gasteiger charge is -2.32. The van der Waals surface area contributed by atoms with Gasteiger partial charge in [0, 0.05) is 79.9 Å². The van der Waals surface area contributed by atoms with Gasteiger partial charge < -0.3 is 91.3 Å². The molecular weight excluding hydrogens is 1510 g/mol. The van der Waals surface area contributed by atoms with Crippen molar-refractivity contribution in [3.8, 4) is 0 Å². The Kier molecular flexibility index (Phi) is 34.9. The number of carbonyl (C=O) groups excluding carboxylic acids is 5. The van der Waals surface area contributed by atoms with Crippen LogP contribution in [-0.2, 0) is 17.6 Å². The maximum absolute atomic E-state index is 11.7. The number of primary amides is 5. The number of amides is 5. The fourth-order valence-electron chi connectivity index (χ4n) is 15.2. The number of aromatic nitrogens is 10. The zero-order valence-corrected chi connectivity index (χ0v) is 73.9. The van der Waals surface area contributed by atoms with Crippen molar-refractivity contribution < 1.29 is 44.0 Å². The average molecular weight is 1660 g/mol. The van der Waals surface area contributed by atoms with E-state index < -0.39 is 29.5 Å². The van der Waals surface area contributed by atoms with E-state index in [1.807, 2.05) is 0 Å². The molecule has 5 aromatic heterocycles. The molecule has 7 fully saturated rings. The van der Waals surface area contributed by atoms with Crippen molar-refractivity contribution in [2.24, 2.45) is 86.3 Å². The molecule has 32 nitrogen and oxygen atoms in total. The molecule has 5 amide bonds. The van der Waals surface area contributed by atoms with Crippen LogP contribution in [0.3, 0.4) is 0 Å². The van der Waals surface area contributed by atoms with E-state index in [4.69, 9.17) is 33.4 Å². The molecule has 12 rings (SSSR count). The molecule has 13 atom stereocenters. The lowest BCUT2D eigenvalue weighted by atomic mass is 9.82. The number of rotatable bonds is 29. The van der Waals surface area contributed by atoms with Crippen LogP contribution in [0.25, 0.3) is 0 Å². The van der Waals surface area contributed by atoms with Crippen molar-refractivity contribution in [1.82, 2.24) is 49.8 Å². The molecule has 119 heavy (non-hydrogen) atoms. The second-order valence-electron chi connectivity index (χ2n) is 37.9. The molecule has 0 aromatic carbocycles. The molecule has 660 valence electrons. The quantitative estimate of drug-likeness (QED) is 0.0211. The van der Waals surface area contributed by atoms with Gasteiger partial charge in [-0.1, -0.05) is 116 Å². The van der Waals surface area contributed by atoms with Crippen LogP contribution in [0.15, 0.2) is 31.0 Å². The maximum Gasteiger partial charge on any atom is 0.254 e. The van der Waals surface area contributed by atoms with Crippen molar-refractivity contribution in [3.05, 3.63) is 70.2 Å². The van der Waals surface area contributed by atoms with E-state index in [0.717, 1.165) is 88.1 Å². The predicted octanol–water partition coefficient (Wildman–Crippen LogP) is 11.8. The molecule has 7 aliphatic rings. The van der Waals surface area contributed by atoms with Crippen LogP contribution >= 0.6 is 0 Å². The Labute approximate surface area is 705 Å². The van der Waals surface area contributed by atoms with E-state index in [1.165, 1.54) is 76.4 Å². The number of hydrogen-bond donors (Lipinski definition) is 16. The Bertz CT molecular complexity index is 3920. The second kappa shape index (κ2) is 43.5. The Morgan fingerprint density at radius 1 is 0.395 bits per heavy atom. The number of aliphatic hydroxyl groups is 3. The zero-order chi connectivity index (χ0) is 87.4. The van der Waals surface area contributed by atoms with Gasteiger partial charge in [0.15, 0.2) is 0 Å². The lowest BCUT2D eigenvalue weighted by Crippen LogP contribution is -2.36. The number of carbonyl (C=O) groups is 5. The molecule has 1 aliphatic heterocycles. The molecular formula is C87H143N23O9. The number of anilines is 8. The lowest BCUT2D eigenvalue weighted by molar-refractivity contribution is 0.0737. The molecule has 1 saturated heterocycles. The van der Waals surface area contributed by atoms with Gasteiger partial charge in [-0.2, -0.15) is 15.0 Å². The van der Waals surface area contributed by atoms with Crippen LogP contribution in [0.4, 0.5) is 47.2 Å². The first-order valence-corrected chi connectivity index (χ1v) is 43.6. The summed E-state index contributed by atoms with van der Waals surface area (Å²) in [6, 6.07) is 1.44. The number of hydrogen-bond acceptors (Lipinski definition) is 27. The van der Waals surface area contributed by atoms with Crippen LogP contribution in [0.1, 0.15) is 309 Å². The highest BCUT2D eigenvalue weighted by Crippen LogP contribution is 2.48. The highest BCUT2D eigenvalue weighted by molar-refractivity contribution is 5.99. The van der Waals surface area contributed by atoms with Gasteiger partial charge >= 0.3 is 0 Å².